The third-order valence-corrected chi connectivity index (χ3v) is 4.21. The first kappa shape index (κ1) is 17.2. The lowest BCUT2D eigenvalue weighted by atomic mass is 9.95. The van der Waals surface area contributed by atoms with E-state index in [2.05, 4.69) is 15.2 Å². The molecule has 1 fully saturated rings. The number of primary amides is 1. The highest BCUT2D eigenvalue weighted by molar-refractivity contribution is 5.80. The number of nitrogens with zero attached hydrogens (tertiary/aromatic N) is 2. The van der Waals surface area contributed by atoms with Crippen molar-refractivity contribution in [1.29, 1.82) is 0 Å². The van der Waals surface area contributed by atoms with Crippen LogP contribution < -0.4 is 11.1 Å². The van der Waals surface area contributed by atoms with Gasteiger partial charge in [0.25, 0.3) is 0 Å². The molecular formula is C17H25FN4O. The van der Waals surface area contributed by atoms with Crippen LogP contribution in [0.15, 0.2) is 23.2 Å². The number of piperidine rings is 1. The molecule has 1 amide bonds. The molecule has 1 aromatic carbocycles. The van der Waals surface area contributed by atoms with E-state index in [4.69, 9.17) is 5.73 Å². The highest BCUT2D eigenvalue weighted by Gasteiger charge is 2.23. The summed E-state index contributed by atoms with van der Waals surface area (Å²) in [4.78, 5) is 17.5. The summed E-state index contributed by atoms with van der Waals surface area (Å²) in [5.41, 5.74) is 6.82. The number of rotatable bonds is 4. The van der Waals surface area contributed by atoms with E-state index in [9.17, 15) is 9.18 Å². The molecule has 5 nitrogen and oxygen atoms in total. The maximum atomic E-state index is 13.6. The third-order valence-electron chi connectivity index (χ3n) is 4.21. The molecule has 1 aliphatic rings. The van der Waals surface area contributed by atoms with Crippen LogP contribution in [0.4, 0.5) is 4.39 Å². The van der Waals surface area contributed by atoms with Crippen molar-refractivity contribution in [3.05, 3.63) is 35.1 Å². The summed E-state index contributed by atoms with van der Waals surface area (Å²) < 4.78 is 13.6. The topological polar surface area (TPSA) is 70.7 Å². The second-order valence-electron chi connectivity index (χ2n) is 6.11. The summed E-state index contributed by atoms with van der Waals surface area (Å²) >= 11 is 0. The van der Waals surface area contributed by atoms with Crippen LogP contribution in [0.1, 0.15) is 30.4 Å². The number of halogens is 1. The lowest BCUT2D eigenvalue weighted by Gasteiger charge is -2.34. The molecule has 0 saturated carbocycles. The van der Waals surface area contributed by atoms with Gasteiger partial charge in [-0.1, -0.05) is 12.1 Å². The Bertz CT molecular complexity index is 588. The van der Waals surface area contributed by atoms with E-state index in [0.29, 0.717) is 18.5 Å². The molecule has 126 valence electrons. The molecular weight excluding hydrogens is 295 g/mol. The van der Waals surface area contributed by atoms with Crippen LogP contribution in [-0.2, 0) is 11.3 Å². The summed E-state index contributed by atoms with van der Waals surface area (Å²) in [5, 5.41) is 3.27. The second kappa shape index (κ2) is 7.94. The number of nitrogens with two attached hydrogens (primary N) is 1. The van der Waals surface area contributed by atoms with Crippen LogP contribution in [0.5, 0.6) is 0 Å². The Balaban J connectivity index is 1.94. The quantitative estimate of drug-likeness (QED) is 0.656. The fourth-order valence-corrected chi connectivity index (χ4v) is 2.97. The van der Waals surface area contributed by atoms with Crippen molar-refractivity contribution in [3.63, 3.8) is 0 Å². The number of nitrogens with one attached hydrogen (secondary N) is 1. The normalized spacial score (nSPS) is 18.8. The van der Waals surface area contributed by atoms with Gasteiger partial charge in [-0.15, -0.1) is 0 Å². The fourth-order valence-electron chi connectivity index (χ4n) is 2.97. The van der Waals surface area contributed by atoms with Gasteiger partial charge < -0.3 is 16.0 Å². The molecule has 2 rings (SSSR count). The number of benzene rings is 1. The molecule has 1 saturated heterocycles. The van der Waals surface area contributed by atoms with Crippen molar-refractivity contribution < 1.29 is 9.18 Å². The van der Waals surface area contributed by atoms with Gasteiger partial charge >= 0.3 is 0 Å². The molecule has 0 aliphatic carbocycles. The van der Waals surface area contributed by atoms with Gasteiger partial charge in [0.2, 0.25) is 5.91 Å². The van der Waals surface area contributed by atoms with Gasteiger partial charge in [-0.05, 0) is 42.9 Å². The third kappa shape index (κ3) is 4.94. The van der Waals surface area contributed by atoms with Gasteiger partial charge in [0, 0.05) is 33.1 Å². The van der Waals surface area contributed by atoms with Crippen molar-refractivity contribution in [3.8, 4) is 0 Å². The van der Waals surface area contributed by atoms with Gasteiger partial charge in [-0.3, -0.25) is 9.79 Å². The van der Waals surface area contributed by atoms with E-state index >= 15 is 0 Å². The minimum absolute atomic E-state index is 0.196. The Morgan fingerprint density at radius 1 is 1.52 bits per heavy atom. The summed E-state index contributed by atoms with van der Waals surface area (Å²) in [5.74, 6) is 0.602. The Morgan fingerprint density at radius 2 is 2.30 bits per heavy atom. The van der Waals surface area contributed by atoms with Crippen LogP contribution in [0.25, 0.3) is 0 Å². The summed E-state index contributed by atoms with van der Waals surface area (Å²) in [6.07, 6.45) is 2.44. The average molecular weight is 320 g/mol. The van der Waals surface area contributed by atoms with Crippen LogP contribution in [0.3, 0.4) is 0 Å². The van der Waals surface area contributed by atoms with Gasteiger partial charge in [0.05, 0.1) is 0 Å². The smallest absolute Gasteiger partial charge is 0.217 e. The monoisotopic (exact) mass is 320 g/mol. The molecule has 0 radical (unpaired) electrons. The van der Waals surface area contributed by atoms with Crippen molar-refractivity contribution in [2.75, 3.05) is 20.1 Å². The lowest BCUT2D eigenvalue weighted by molar-refractivity contribution is -0.119. The Labute approximate surface area is 136 Å². The predicted molar refractivity (Wildman–Crippen MR) is 89.4 cm³/mol. The van der Waals surface area contributed by atoms with E-state index in [1.807, 2.05) is 6.07 Å². The first-order valence-corrected chi connectivity index (χ1v) is 7.98. The number of aliphatic imine (C=N–C) groups is 1. The molecule has 0 spiro atoms. The number of carbonyl (C=O) groups excluding carboxylic acids is 1. The lowest BCUT2D eigenvalue weighted by Crippen LogP contribution is -2.46. The van der Waals surface area contributed by atoms with E-state index < -0.39 is 0 Å². The number of guanidine groups is 1. The van der Waals surface area contributed by atoms with Crippen LogP contribution in [0, 0.1) is 18.7 Å². The molecule has 1 atom stereocenters. The van der Waals surface area contributed by atoms with E-state index in [1.54, 1.807) is 26.1 Å². The minimum Gasteiger partial charge on any atom is -0.370 e. The average Bonchev–Trinajstić information content (AvgIpc) is 2.51. The Kier molecular flexibility index (Phi) is 5.96. The highest BCUT2D eigenvalue weighted by Crippen LogP contribution is 2.19. The van der Waals surface area contributed by atoms with Gasteiger partial charge in [-0.25, -0.2) is 4.39 Å². The number of hydrogen-bond donors (Lipinski definition) is 2. The molecule has 23 heavy (non-hydrogen) atoms. The Hall–Kier alpha value is -2.11. The largest absolute Gasteiger partial charge is 0.370 e. The molecule has 1 heterocycles. The zero-order valence-corrected chi connectivity index (χ0v) is 13.8. The molecule has 0 bridgehead atoms. The molecule has 6 heteroatoms. The maximum Gasteiger partial charge on any atom is 0.217 e. The van der Waals surface area contributed by atoms with E-state index in [0.717, 1.165) is 37.5 Å². The van der Waals surface area contributed by atoms with Crippen LogP contribution in [0.2, 0.25) is 0 Å². The first-order chi connectivity index (χ1) is 11.0. The van der Waals surface area contributed by atoms with Crippen LogP contribution in [-0.4, -0.2) is 36.9 Å². The second-order valence-corrected chi connectivity index (χ2v) is 6.11. The molecule has 3 N–H and O–H groups in total. The number of aryl methyl sites for hydroxylation is 1. The van der Waals surface area contributed by atoms with Crippen LogP contribution >= 0.6 is 0 Å². The summed E-state index contributed by atoms with van der Waals surface area (Å²) in [6, 6.07) is 5.23. The standard InChI is InChI=1S/C17H25FN4O/c1-12-5-6-13(8-15(12)18)10-21-17(20-2)22-7-3-4-14(11-22)9-16(19)23/h5-6,8,14H,3-4,7,9-11H2,1-2H3,(H2,19,23)(H,20,21). The van der Waals surface area contributed by atoms with Gasteiger partial charge in [-0.2, -0.15) is 0 Å². The van der Waals surface area contributed by atoms with Crippen molar-refractivity contribution in [2.24, 2.45) is 16.6 Å². The summed E-state index contributed by atoms with van der Waals surface area (Å²) in [7, 11) is 1.73. The summed E-state index contributed by atoms with van der Waals surface area (Å²) in [6.45, 7) is 3.93. The van der Waals surface area contributed by atoms with Crippen molar-refractivity contribution in [2.45, 2.75) is 32.7 Å². The highest BCUT2D eigenvalue weighted by atomic mass is 19.1. The zero-order chi connectivity index (χ0) is 16.8. The zero-order valence-electron chi connectivity index (χ0n) is 13.8. The van der Waals surface area contributed by atoms with Crippen molar-refractivity contribution >= 4 is 11.9 Å². The molecule has 1 unspecified atom stereocenters. The fraction of sp³-hybridized carbons (Fsp3) is 0.529. The van der Waals surface area contributed by atoms with E-state index in [-0.39, 0.29) is 17.6 Å². The SMILES string of the molecule is CN=C(NCc1ccc(C)c(F)c1)N1CCCC(CC(N)=O)C1. The maximum absolute atomic E-state index is 13.6. The number of amides is 1. The molecule has 1 aliphatic heterocycles. The minimum atomic E-state index is -0.255. The number of carbonyl (C=O) groups is 1. The number of hydrogen-bond acceptors (Lipinski definition) is 2. The van der Waals surface area contributed by atoms with Gasteiger partial charge in [0.15, 0.2) is 5.96 Å². The first-order valence-electron chi connectivity index (χ1n) is 7.98. The number of likely N-dealkylation sites (tertiary alicyclic amines) is 1. The predicted octanol–water partition coefficient (Wildman–Crippen LogP) is 1.80. The van der Waals surface area contributed by atoms with Gasteiger partial charge in [0.1, 0.15) is 5.82 Å². The molecule has 1 aromatic rings. The van der Waals surface area contributed by atoms with E-state index in [1.165, 1.54) is 0 Å². The molecule has 0 aromatic heterocycles. The Morgan fingerprint density at radius 3 is 2.96 bits per heavy atom. The van der Waals surface area contributed by atoms with Crippen molar-refractivity contribution in [1.82, 2.24) is 10.2 Å².